The van der Waals surface area contributed by atoms with Crippen molar-refractivity contribution < 1.29 is 14.6 Å². The number of carboxylic acids is 1. The fourth-order valence-electron chi connectivity index (χ4n) is 1.77. The Hall–Kier alpha value is -1.29. The molecule has 0 saturated carbocycles. The molecular formula is C13H13BrO3. The first-order valence-electron chi connectivity index (χ1n) is 5.35. The summed E-state index contributed by atoms with van der Waals surface area (Å²) in [6, 6.07) is 7.89. The molecule has 0 aliphatic carbocycles. The first-order valence-corrected chi connectivity index (χ1v) is 6.15. The topological polar surface area (TPSA) is 46.5 Å². The van der Waals surface area contributed by atoms with E-state index in [9.17, 15) is 4.79 Å². The van der Waals surface area contributed by atoms with E-state index in [1.807, 2.05) is 30.3 Å². The van der Waals surface area contributed by atoms with Crippen LogP contribution in [0, 0.1) is 0 Å². The van der Waals surface area contributed by atoms with Gasteiger partial charge >= 0.3 is 5.97 Å². The largest absolute Gasteiger partial charge is 0.480 e. The van der Waals surface area contributed by atoms with Crippen LogP contribution in [0.2, 0.25) is 0 Å². The van der Waals surface area contributed by atoms with Gasteiger partial charge in [-0.25, -0.2) is 4.79 Å². The monoisotopic (exact) mass is 296 g/mol. The third-order valence-corrected chi connectivity index (χ3v) is 3.29. The molecule has 1 atom stereocenters. The highest BCUT2D eigenvalue weighted by Gasteiger charge is 2.39. The van der Waals surface area contributed by atoms with Gasteiger partial charge in [-0.2, -0.15) is 0 Å². The van der Waals surface area contributed by atoms with Crippen molar-refractivity contribution in [3.63, 3.8) is 0 Å². The summed E-state index contributed by atoms with van der Waals surface area (Å²) in [4.78, 5) is 11.0. The Balaban J connectivity index is 2.06. The number of hydrogen-bond acceptors (Lipinski definition) is 2. The zero-order valence-corrected chi connectivity index (χ0v) is 11.0. The average Bonchev–Trinajstić information content (AvgIpc) is 2.61. The summed E-state index contributed by atoms with van der Waals surface area (Å²) in [5.41, 5.74) is 0.00158. The van der Waals surface area contributed by atoms with Crippen LogP contribution >= 0.6 is 15.9 Å². The van der Waals surface area contributed by atoms with Crippen molar-refractivity contribution >= 4 is 21.9 Å². The number of benzene rings is 1. The van der Waals surface area contributed by atoms with Gasteiger partial charge in [-0.05, 0) is 30.7 Å². The van der Waals surface area contributed by atoms with Crippen molar-refractivity contribution in [2.75, 3.05) is 0 Å². The van der Waals surface area contributed by atoms with Gasteiger partial charge in [-0.1, -0.05) is 28.1 Å². The van der Waals surface area contributed by atoms with Crippen LogP contribution in [-0.2, 0) is 16.0 Å². The summed E-state index contributed by atoms with van der Waals surface area (Å²) in [5.74, 6) is -0.189. The third-order valence-electron chi connectivity index (χ3n) is 2.80. The maximum Gasteiger partial charge on any atom is 0.348 e. The molecule has 2 rings (SSSR count). The molecule has 1 aliphatic heterocycles. The van der Waals surface area contributed by atoms with Gasteiger partial charge in [0.1, 0.15) is 0 Å². The van der Waals surface area contributed by atoms with E-state index in [-0.39, 0.29) is 0 Å². The minimum Gasteiger partial charge on any atom is -0.480 e. The average molecular weight is 297 g/mol. The van der Waals surface area contributed by atoms with Crippen molar-refractivity contribution in [1.29, 1.82) is 0 Å². The third kappa shape index (κ3) is 2.69. The molecule has 0 spiro atoms. The van der Waals surface area contributed by atoms with Crippen LogP contribution in [0.5, 0.6) is 0 Å². The van der Waals surface area contributed by atoms with Gasteiger partial charge in [0, 0.05) is 17.3 Å². The van der Waals surface area contributed by atoms with Crippen LogP contribution < -0.4 is 0 Å². The molecule has 4 heteroatoms. The molecule has 1 aliphatic rings. The number of aliphatic carboxylic acids is 1. The first kappa shape index (κ1) is 12.2. The SMILES string of the molecule is CC1(C(=O)O)CC=C(Cc2cccc(Br)c2)O1. The number of carboxylic acid groups (broad SMARTS) is 1. The van der Waals surface area contributed by atoms with Crippen LogP contribution in [0.3, 0.4) is 0 Å². The van der Waals surface area contributed by atoms with E-state index in [1.165, 1.54) is 0 Å². The Morgan fingerprint density at radius 1 is 1.59 bits per heavy atom. The van der Waals surface area contributed by atoms with E-state index < -0.39 is 11.6 Å². The standard InChI is InChI=1S/C13H13BrO3/c1-13(12(15)16)6-5-11(17-13)8-9-3-2-4-10(14)7-9/h2-5,7H,6,8H2,1H3,(H,15,16). The fourth-order valence-corrected chi connectivity index (χ4v) is 2.22. The second-order valence-electron chi connectivity index (χ2n) is 4.32. The molecule has 1 N–H and O–H groups in total. The van der Waals surface area contributed by atoms with Crippen molar-refractivity contribution in [3.8, 4) is 0 Å². The Bertz CT molecular complexity index is 481. The highest BCUT2D eigenvalue weighted by Crippen LogP contribution is 2.30. The highest BCUT2D eigenvalue weighted by atomic mass is 79.9. The van der Waals surface area contributed by atoms with Gasteiger partial charge < -0.3 is 9.84 Å². The van der Waals surface area contributed by atoms with E-state index in [1.54, 1.807) is 6.92 Å². The lowest BCUT2D eigenvalue weighted by Gasteiger charge is -2.20. The minimum absolute atomic E-state index is 0.422. The van der Waals surface area contributed by atoms with Crippen LogP contribution in [0.1, 0.15) is 18.9 Å². The normalized spacial score (nSPS) is 23.1. The number of rotatable bonds is 3. The molecule has 0 fully saturated rings. The maximum absolute atomic E-state index is 11.0. The Kier molecular flexibility index (Phi) is 3.24. The second-order valence-corrected chi connectivity index (χ2v) is 5.24. The molecular weight excluding hydrogens is 284 g/mol. The van der Waals surface area contributed by atoms with E-state index in [2.05, 4.69) is 15.9 Å². The minimum atomic E-state index is -1.10. The summed E-state index contributed by atoms with van der Waals surface area (Å²) >= 11 is 3.40. The second kappa shape index (κ2) is 4.53. The van der Waals surface area contributed by atoms with Gasteiger partial charge in [0.05, 0.1) is 5.76 Å². The van der Waals surface area contributed by atoms with Crippen molar-refractivity contribution in [2.24, 2.45) is 0 Å². The number of carbonyl (C=O) groups is 1. The quantitative estimate of drug-likeness (QED) is 0.932. The van der Waals surface area contributed by atoms with E-state index in [0.717, 1.165) is 15.8 Å². The van der Waals surface area contributed by atoms with E-state index in [0.29, 0.717) is 12.8 Å². The summed E-state index contributed by atoms with van der Waals surface area (Å²) in [6.07, 6.45) is 2.91. The molecule has 17 heavy (non-hydrogen) atoms. The van der Waals surface area contributed by atoms with Gasteiger partial charge in [0.2, 0.25) is 5.60 Å². The van der Waals surface area contributed by atoms with E-state index >= 15 is 0 Å². The maximum atomic E-state index is 11.0. The number of ether oxygens (including phenoxy) is 1. The van der Waals surface area contributed by atoms with Crippen molar-refractivity contribution in [2.45, 2.75) is 25.4 Å². The van der Waals surface area contributed by atoms with Gasteiger partial charge in [0.25, 0.3) is 0 Å². The van der Waals surface area contributed by atoms with Crippen LogP contribution in [0.4, 0.5) is 0 Å². The van der Waals surface area contributed by atoms with Gasteiger partial charge in [0.15, 0.2) is 0 Å². The number of halogens is 1. The van der Waals surface area contributed by atoms with Crippen LogP contribution in [-0.4, -0.2) is 16.7 Å². The summed E-state index contributed by atoms with van der Waals surface area (Å²) in [6.45, 7) is 1.60. The molecule has 0 amide bonds. The molecule has 1 aromatic rings. The molecule has 1 unspecified atom stereocenters. The molecule has 0 radical (unpaired) electrons. The van der Waals surface area contributed by atoms with Crippen LogP contribution in [0.25, 0.3) is 0 Å². The van der Waals surface area contributed by atoms with Gasteiger partial charge in [-0.3, -0.25) is 0 Å². The van der Waals surface area contributed by atoms with Crippen molar-refractivity contribution in [3.05, 3.63) is 46.1 Å². The lowest BCUT2D eigenvalue weighted by molar-refractivity contribution is -0.156. The Morgan fingerprint density at radius 3 is 2.94 bits per heavy atom. The molecule has 90 valence electrons. The van der Waals surface area contributed by atoms with Crippen molar-refractivity contribution in [1.82, 2.24) is 0 Å². The predicted molar refractivity (Wildman–Crippen MR) is 67.7 cm³/mol. The Morgan fingerprint density at radius 2 is 2.35 bits per heavy atom. The van der Waals surface area contributed by atoms with Crippen LogP contribution in [0.15, 0.2) is 40.6 Å². The lowest BCUT2D eigenvalue weighted by Crippen LogP contribution is -2.34. The number of allylic oxidation sites excluding steroid dienone is 1. The van der Waals surface area contributed by atoms with Gasteiger partial charge in [-0.15, -0.1) is 0 Å². The zero-order valence-electron chi connectivity index (χ0n) is 9.44. The molecule has 0 bridgehead atoms. The Labute approximate surface area is 108 Å². The fraction of sp³-hybridized carbons (Fsp3) is 0.308. The summed E-state index contributed by atoms with van der Waals surface area (Å²) in [5, 5.41) is 9.03. The smallest absolute Gasteiger partial charge is 0.348 e. The molecule has 1 heterocycles. The lowest BCUT2D eigenvalue weighted by atomic mass is 10.0. The predicted octanol–water partition coefficient (Wildman–Crippen LogP) is 3.14. The molecule has 0 saturated heterocycles. The molecule has 0 aromatic heterocycles. The molecule has 1 aromatic carbocycles. The van der Waals surface area contributed by atoms with E-state index in [4.69, 9.17) is 9.84 Å². The first-order chi connectivity index (χ1) is 7.99. The number of hydrogen-bond donors (Lipinski definition) is 1. The zero-order chi connectivity index (χ0) is 12.5. The summed E-state index contributed by atoms with van der Waals surface area (Å²) < 4.78 is 6.51. The molecule has 3 nitrogen and oxygen atoms in total. The summed E-state index contributed by atoms with van der Waals surface area (Å²) in [7, 11) is 0. The highest BCUT2D eigenvalue weighted by molar-refractivity contribution is 9.10.